The molecule has 4 heteroatoms. The van der Waals surface area contributed by atoms with Gasteiger partial charge in [0.1, 0.15) is 0 Å². The summed E-state index contributed by atoms with van der Waals surface area (Å²) in [5.41, 5.74) is 7.79. The highest BCUT2D eigenvalue weighted by Gasteiger charge is 2.13. The van der Waals surface area contributed by atoms with Crippen LogP contribution in [-0.2, 0) is 11.2 Å². The molecule has 0 spiro atoms. The molecule has 0 saturated carbocycles. The third-order valence-corrected chi connectivity index (χ3v) is 2.87. The third kappa shape index (κ3) is 4.19. The van der Waals surface area contributed by atoms with Gasteiger partial charge in [-0.15, -0.1) is 0 Å². The molecule has 1 aromatic carbocycles. The number of anilines is 1. The zero-order chi connectivity index (χ0) is 13.5. The van der Waals surface area contributed by atoms with Gasteiger partial charge in [-0.1, -0.05) is 30.3 Å². The lowest BCUT2D eigenvalue weighted by Crippen LogP contribution is -2.36. The number of carbonyl (C=O) groups is 1. The van der Waals surface area contributed by atoms with Crippen LogP contribution in [0.25, 0.3) is 0 Å². The average Bonchev–Trinajstić information content (AvgIpc) is 2.47. The molecule has 1 atom stereocenters. The Bertz CT molecular complexity index is 513. The van der Waals surface area contributed by atoms with Gasteiger partial charge in [-0.25, -0.2) is 0 Å². The van der Waals surface area contributed by atoms with Gasteiger partial charge in [0.2, 0.25) is 5.91 Å². The van der Waals surface area contributed by atoms with E-state index in [9.17, 15) is 4.79 Å². The minimum absolute atomic E-state index is 0.165. The maximum atomic E-state index is 11.9. The van der Waals surface area contributed by atoms with Crippen LogP contribution in [0.2, 0.25) is 0 Å². The fourth-order valence-corrected chi connectivity index (χ4v) is 1.77. The van der Waals surface area contributed by atoms with Crippen LogP contribution in [0, 0.1) is 0 Å². The van der Waals surface area contributed by atoms with E-state index in [1.165, 1.54) is 5.56 Å². The second kappa shape index (κ2) is 6.66. The zero-order valence-electron chi connectivity index (χ0n) is 10.6. The molecule has 0 aliphatic carbocycles. The van der Waals surface area contributed by atoms with Crippen LogP contribution < -0.4 is 11.1 Å². The molecule has 98 valence electrons. The summed E-state index contributed by atoms with van der Waals surface area (Å²) in [6.07, 6.45) is 4.68. The number of aromatic nitrogens is 1. The summed E-state index contributed by atoms with van der Waals surface area (Å²) in [5, 5.41) is 2.77. The molecule has 0 unspecified atom stereocenters. The van der Waals surface area contributed by atoms with Gasteiger partial charge in [0.05, 0.1) is 6.04 Å². The minimum atomic E-state index is -0.506. The summed E-state index contributed by atoms with van der Waals surface area (Å²) in [7, 11) is 0. The molecular weight excluding hydrogens is 238 g/mol. The maximum absolute atomic E-state index is 11.9. The van der Waals surface area contributed by atoms with E-state index in [0.717, 1.165) is 12.1 Å². The van der Waals surface area contributed by atoms with Crippen molar-refractivity contribution in [2.45, 2.75) is 18.9 Å². The standard InChI is InChI=1S/C15H17N3O/c16-14(7-6-12-4-2-1-3-5-12)15(19)18-13-8-10-17-11-9-13/h1-5,8-11,14H,6-7,16H2,(H,17,18,19)/t14-/m0/s1. The number of rotatable bonds is 5. The lowest BCUT2D eigenvalue weighted by molar-refractivity contribution is -0.117. The van der Waals surface area contributed by atoms with Gasteiger partial charge in [0, 0.05) is 18.1 Å². The molecule has 0 saturated heterocycles. The van der Waals surface area contributed by atoms with E-state index < -0.39 is 6.04 Å². The van der Waals surface area contributed by atoms with E-state index in [2.05, 4.69) is 10.3 Å². The highest BCUT2D eigenvalue weighted by Crippen LogP contribution is 2.07. The van der Waals surface area contributed by atoms with Gasteiger partial charge >= 0.3 is 0 Å². The van der Waals surface area contributed by atoms with Crippen molar-refractivity contribution in [3.63, 3.8) is 0 Å². The molecule has 0 bridgehead atoms. The fourth-order valence-electron chi connectivity index (χ4n) is 1.77. The Kier molecular flexibility index (Phi) is 4.64. The lowest BCUT2D eigenvalue weighted by atomic mass is 10.1. The monoisotopic (exact) mass is 255 g/mol. The molecule has 19 heavy (non-hydrogen) atoms. The SMILES string of the molecule is N[C@@H](CCc1ccccc1)C(=O)Nc1ccncc1. The topological polar surface area (TPSA) is 68.0 Å². The maximum Gasteiger partial charge on any atom is 0.241 e. The second-order valence-corrected chi connectivity index (χ2v) is 4.36. The Labute approximate surface area is 112 Å². The number of nitrogens with two attached hydrogens (primary N) is 1. The quantitative estimate of drug-likeness (QED) is 0.858. The molecule has 0 fully saturated rings. The molecule has 2 aromatic rings. The summed E-state index contributed by atoms with van der Waals surface area (Å²) in [6.45, 7) is 0. The first kappa shape index (κ1) is 13.2. The molecule has 4 nitrogen and oxygen atoms in total. The number of hydrogen-bond donors (Lipinski definition) is 2. The predicted molar refractivity (Wildman–Crippen MR) is 75.6 cm³/mol. The molecular formula is C15H17N3O. The summed E-state index contributed by atoms with van der Waals surface area (Å²) in [4.78, 5) is 15.8. The van der Waals surface area contributed by atoms with Crippen molar-refractivity contribution in [2.24, 2.45) is 5.73 Å². The van der Waals surface area contributed by atoms with Crippen molar-refractivity contribution < 1.29 is 4.79 Å². The average molecular weight is 255 g/mol. The Morgan fingerprint density at radius 3 is 2.53 bits per heavy atom. The number of nitrogens with one attached hydrogen (secondary N) is 1. The highest BCUT2D eigenvalue weighted by atomic mass is 16.2. The van der Waals surface area contributed by atoms with Crippen LogP contribution in [0.1, 0.15) is 12.0 Å². The molecule has 1 aromatic heterocycles. The Morgan fingerprint density at radius 1 is 1.16 bits per heavy atom. The normalized spacial score (nSPS) is 11.8. The number of benzene rings is 1. The molecule has 1 amide bonds. The predicted octanol–water partition coefficient (Wildman–Crippen LogP) is 1.98. The first-order valence-corrected chi connectivity index (χ1v) is 6.26. The molecule has 0 radical (unpaired) electrons. The van der Waals surface area contributed by atoms with Crippen LogP contribution >= 0.6 is 0 Å². The zero-order valence-corrected chi connectivity index (χ0v) is 10.6. The number of nitrogens with zero attached hydrogens (tertiary/aromatic N) is 1. The van der Waals surface area contributed by atoms with Crippen LogP contribution in [0.5, 0.6) is 0 Å². The van der Waals surface area contributed by atoms with Gasteiger partial charge < -0.3 is 11.1 Å². The van der Waals surface area contributed by atoms with Gasteiger partial charge in [-0.2, -0.15) is 0 Å². The second-order valence-electron chi connectivity index (χ2n) is 4.36. The van der Waals surface area contributed by atoms with Crippen molar-refractivity contribution in [1.29, 1.82) is 0 Å². The van der Waals surface area contributed by atoms with E-state index in [1.807, 2.05) is 30.3 Å². The smallest absolute Gasteiger partial charge is 0.241 e. The number of aryl methyl sites for hydroxylation is 1. The van der Waals surface area contributed by atoms with E-state index in [4.69, 9.17) is 5.73 Å². The number of carbonyl (C=O) groups excluding carboxylic acids is 1. The van der Waals surface area contributed by atoms with Gasteiger partial charge in [0.15, 0.2) is 0 Å². The minimum Gasteiger partial charge on any atom is -0.325 e. The molecule has 1 heterocycles. The lowest BCUT2D eigenvalue weighted by Gasteiger charge is -2.12. The third-order valence-electron chi connectivity index (χ3n) is 2.87. The van der Waals surface area contributed by atoms with Crippen molar-refractivity contribution in [1.82, 2.24) is 4.98 Å². The van der Waals surface area contributed by atoms with Gasteiger partial charge in [0.25, 0.3) is 0 Å². The Hall–Kier alpha value is -2.20. The Balaban J connectivity index is 1.83. The summed E-state index contributed by atoms with van der Waals surface area (Å²) < 4.78 is 0. The van der Waals surface area contributed by atoms with Crippen molar-refractivity contribution in [2.75, 3.05) is 5.32 Å². The number of hydrogen-bond acceptors (Lipinski definition) is 3. The van der Waals surface area contributed by atoms with Gasteiger partial charge in [-0.3, -0.25) is 9.78 Å². The van der Waals surface area contributed by atoms with Crippen molar-refractivity contribution in [3.8, 4) is 0 Å². The first-order chi connectivity index (χ1) is 9.25. The number of amides is 1. The van der Waals surface area contributed by atoms with Crippen LogP contribution in [0.3, 0.4) is 0 Å². The molecule has 2 rings (SSSR count). The van der Waals surface area contributed by atoms with Crippen molar-refractivity contribution >= 4 is 11.6 Å². The van der Waals surface area contributed by atoms with Crippen LogP contribution in [0.15, 0.2) is 54.9 Å². The molecule has 3 N–H and O–H groups in total. The largest absolute Gasteiger partial charge is 0.325 e. The molecule has 0 aliphatic heterocycles. The fraction of sp³-hybridized carbons (Fsp3) is 0.200. The van der Waals surface area contributed by atoms with Crippen molar-refractivity contribution in [3.05, 3.63) is 60.4 Å². The van der Waals surface area contributed by atoms with E-state index >= 15 is 0 Å². The van der Waals surface area contributed by atoms with E-state index in [1.54, 1.807) is 24.5 Å². The van der Waals surface area contributed by atoms with Crippen LogP contribution in [0.4, 0.5) is 5.69 Å². The van der Waals surface area contributed by atoms with Crippen LogP contribution in [-0.4, -0.2) is 16.9 Å². The number of pyridine rings is 1. The highest BCUT2D eigenvalue weighted by molar-refractivity contribution is 5.94. The van der Waals surface area contributed by atoms with E-state index in [0.29, 0.717) is 6.42 Å². The summed E-state index contributed by atoms with van der Waals surface area (Å²) in [6, 6.07) is 13.0. The Morgan fingerprint density at radius 2 is 1.84 bits per heavy atom. The summed E-state index contributed by atoms with van der Waals surface area (Å²) >= 11 is 0. The van der Waals surface area contributed by atoms with E-state index in [-0.39, 0.29) is 5.91 Å². The molecule has 0 aliphatic rings. The first-order valence-electron chi connectivity index (χ1n) is 6.26. The summed E-state index contributed by atoms with van der Waals surface area (Å²) in [5.74, 6) is -0.165. The van der Waals surface area contributed by atoms with Gasteiger partial charge in [-0.05, 0) is 30.5 Å².